The predicted octanol–water partition coefficient (Wildman–Crippen LogP) is 2.91. The molecule has 18 heavy (non-hydrogen) atoms. The van der Waals surface area contributed by atoms with Crippen LogP contribution in [0.25, 0.3) is 0 Å². The molecule has 0 amide bonds. The minimum absolute atomic E-state index is 0.215. The van der Waals surface area contributed by atoms with Crippen LogP contribution in [0.2, 0.25) is 5.02 Å². The van der Waals surface area contributed by atoms with E-state index in [-0.39, 0.29) is 10.6 Å². The molecule has 1 heterocycles. The summed E-state index contributed by atoms with van der Waals surface area (Å²) in [5, 5.41) is 7.72. The number of anilines is 1. The molecule has 2 unspecified atom stereocenters. The number of hydrogen-bond acceptors (Lipinski definition) is 3. The van der Waals surface area contributed by atoms with Gasteiger partial charge in [-0.3, -0.25) is 4.79 Å². The van der Waals surface area contributed by atoms with Gasteiger partial charge in [0.25, 0.3) is 5.56 Å². The third kappa shape index (κ3) is 2.86. The van der Waals surface area contributed by atoms with E-state index < -0.39 is 0 Å². The van der Waals surface area contributed by atoms with Crippen LogP contribution in [0.1, 0.15) is 39.5 Å². The van der Waals surface area contributed by atoms with E-state index in [1.807, 2.05) is 6.92 Å². The van der Waals surface area contributed by atoms with Crippen molar-refractivity contribution in [1.29, 1.82) is 0 Å². The first-order valence-corrected chi connectivity index (χ1v) is 7.01. The van der Waals surface area contributed by atoms with Gasteiger partial charge in [0.1, 0.15) is 5.02 Å². The van der Waals surface area contributed by atoms with Gasteiger partial charge in [0.2, 0.25) is 0 Å². The summed E-state index contributed by atoms with van der Waals surface area (Å²) in [6, 6.07) is 0.407. The maximum absolute atomic E-state index is 11.9. The van der Waals surface area contributed by atoms with Gasteiger partial charge in [-0.25, -0.2) is 4.68 Å². The van der Waals surface area contributed by atoms with Crippen molar-refractivity contribution in [2.24, 2.45) is 5.92 Å². The number of nitrogens with one attached hydrogen (secondary N) is 1. The molecule has 0 spiro atoms. The lowest BCUT2D eigenvalue weighted by atomic mass is 9.87. The zero-order valence-corrected chi connectivity index (χ0v) is 11.7. The van der Waals surface area contributed by atoms with Gasteiger partial charge in [-0.1, -0.05) is 31.4 Å². The van der Waals surface area contributed by atoms with Crippen LogP contribution in [-0.2, 0) is 6.54 Å². The predicted molar refractivity (Wildman–Crippen MR) is 74.2 cm³/mol. The second kappa shape index (κ2) is 5.74. The zero-order valence-electron chi connectivity index (χ0n) is 10.9. The molecule has 0 aromatic carbocycles. The van der Waals surface area contributed by atoms with Crippen molar-refractivity contribution < 1.29 is 0 Å². The van der Waals surface area contributed by atoms with E-state index in [0.29, 0.717) is 18.3 Å². The van der Waals surface area contributed by atoms with Crippen molar-refractivity contribution in [3.8, 4) is 0 Å². The molecule has 0 saturated heterocycles. The number of halogens is 1. The van der Waals surface area contributed by atoms with Crippen molar-refractivity contribution in [1.82, 2.24) is 9.78 Å². The highest BCUT2D eigenvalue weighted by Crippen LogP contribution is 2.27. The minimum Gasteiger partial charge on any atom is -0.380 e. The number of aromatic nitrogens is 2. The quantitative estimate of drug-likeness (QED) is 0.918. The molecule has 1 aliphatic rings. The Morgan fingerprint density at radius 2 is 2.33 bits per heavy atom. The van der Waals surface area contributed by atoms with Crippen molar-refractivity contribution in [2.45, 2.75) is 52.1 Å². The van der Waals surface area contributed by atoms with Crippen LogP contribution in [0.4, 0.5) is 5.69 Å². The molecule has 1 saturated carbocycles. The van der Waals surface area contributed by atoms with Gasteiger partial charge in [-0.05, 0) is 25.7 Å². The topological polar surface area (TPSA) is 46.9 Å². The summed E-state index contributed by atoms with van der Waals surface area (Å²) >= 11 is 6.10. The van der Waals surface area contributed by atoms with Crippen molar-refractivity contribution in [2.75, 3.05) is 5.32 Å². The largest absolute Gasteiger partial charge is 0.380 e. The third-order valence-electron chi connectivity index (χ3n) is 3.58. The molecule has 0 radical (unpaired) electrons. The first-order chi connectivity index (χ1) is 8.61. The van der Waals surface area contributed by atoms with Crippen LogP contribution in [0.15, 0.2) is 11.0 Å². The van der Waals surface area contributed by atoms with Crippen LogP contribution in [-0.4, -0.2) is 15.8 Å². The lowest BCUT2D eigenvalue weighted by Crippen LogP contribution is -2.29. The first kappa shape index (κ1) is 13.4. The lowest BCUT2D eigenvalue weighted by Gasteiger charge is -2.28. The molecule has 100 valence electrons. The first-order valence-electron chi connectivity index (χ1n) is 6.64. The molecule has 2 atom stereocenters. The summed E-state index contributed by atoms with van der Waals surface area (Å²) in [5.41, 5.74) is 0.457. The number of hydrogen-bond donors (Lipinski definition) is 1. The second-order valence-electron chi connectivity index (χ2n) is 5.11. The van der Waals surface area contributed by atoms with E-state index >= 15 is 0 Å². The van der Waals surface area contributed by atoms with Crippen molar-refractivity contribution in [3.63, 3.8) is 0 Å². The van der Waals surface area contributed by atoms with Gasteiger partial charge in [-0.15, -0.1) is 0 Å². The maximum Gasteiger partial charge on any atom is 0.287 e. The minimum atomic E-state index is -0.215. The Morgan fingerprint density at radius 3 is 3.00 bits per heavy atom. The van der Waals surface area contributed by atoms with E-state index in [9.17, 15) is 4.79 Å². The summed E-state index contributed by atoms with van der Waals surface area (Å²) in [4.78, 5) is 11.9. The number of nitrogens with zero attached hydrogens (tertiary/aromatic N) is 2. The lowest BCUT2D eigenvalue weighted by molar-refractivity contribution is 0.358. The summed E-state index contributed by atoms with van der Waals surface area (Å²) < 4.78 is 1.37. The van der Waals surface area contributed by atoms with Gasteiger partial charge in [0.05, 0.1) is 11.9 Å². The van der Waals surface area contributed by atoms with E-state index in [4.69, 9.17) is 11.6 Å². The van der Waals surface area contributed by atoms with E-state index in [1.165, 1.54) is 17.5 Å². The molecule has 5 heteroatoms. The highest BCUT2D eigenvalue weighted by molar-refractivity contribution is 6.32. The number of rotatable bonds is 3. The summed E-state index contributed by atoms with van der Waals surface area (Å²) in [5.74, 6) is 0.735. The fraction of sp³-hybridized carbons (Fsp3) is 0.692. The Hall–Kier alpha value is -1.03. The van der Waals surface area contributed by atoms with Gasteiger partial charge in [-0.2, -0.15) is 5.10 Å². The summed E-state index contributed by atoms with van der Waals surface area (Å²) in [7, 11) is 0. The molecular formula is C13H20ClN3O. The standard InChI is InChI=1S/C13H20ClN3O/c1-3-17-13(18)12(14)11(8-15-17)16-10-6-4-5-9(2)7-10/h8-10,16H,3-7H2,1-2H3. The zero-order chi connectivity index (χ0) is 13.1. The normalized spacial score (nSPS) is 23.9. The highest BCUT2D eigenvalue weighted by Gasteiger charge is 2.20. The van der Waals surface area contributed by atoms with Crippen molar-refractivity contribution >= 4 is 17.3 Å². The van der Waals surface area contributed by atoms with Gasteiger partial charge in [0.15, 0.2) is 0 Å². The summed E-state index contributed by atoms with van der Waals surface area (Å²) in [6.45, 7) is 4.68. The number of aryl methyl sites for hydroxylation is 1. The van der Waals surface area contributed by atoms with E-state index in [2.05, 4.69) is 17.3 Å². The smallest absolute Gasteiger partial charge is 0.287 e. The van der Waals surface area contributed by atoms with Crippen molar-refractivity contribution in [3.05, 3.63) is 21.6 Å². The van der Waals surface area contributed by atoms with Crippen LogP contribution in [0.3, 0.4) is 0 Å². The second-order valence-corrected chi connectivity index (χ2v) is 5.48. The Balaban J connectivity index is 2.14. The summed E-state index contributed by atoms with van der Waals surface area (Å²) in [6.07, 6.45) is 6.45. The maximum atomic E-state index is 11.9. The molecule has 2 rings (SSSR count). The van der Waals surface area contributed by atoms with Crippen LogP contribution in [0, 0.1) is 5.92 Å². The van der Waals surface area contributed by atoms with Crippen LogP contribution >= 0.6 is 11.6 Å². The monoisotopic (exact) mass is 269 g/mol. The average molecular weight is 270 g/mol. The van der Waals surface area contributed by atoms with Gasteiger partial charge >= 0.3 is 0 Å². The molecular weight excluding hydrogens is 250 g/mol. The Labute approximate surface area is 112 Å². The molecule has 1 aliphatic carbocycles. The third-order valence-corrected chi connectivity index (χ3v) is 3.95. The Morgan fingerprint density at radius 1 is 1.56 bits per heavy atom. The molecule has 1 fully saturated rings. The molecule has 0 aliphatic heterocycles. The highest BCUT2D eigenvalue weighted by atomic mass is 35.5. The average Bonchev–Trinajstić information content (AvgIpc) is 2.35. The van der Waals surface area contributed by atoms with Crippen LogP contribution < -0.4 is 10.9 Å². The van der Waals surface area contributed by atoms with E-state index in [0.717, 1.165) is 18.8 Å². The van der Waals surface area contributed by atoms with Crippen LogP contribution in [0.5, 0.6) is 0 Å². The van der Waals surface area contributed by atoms with Gasteiger partial charge < -0.3 is 5.32 Å². The SMILES string of the molecule is CCn1ncc(NC2CCCC(C)C2)c(Cl)c1=O. The molecule has 1 aromatic rings. The Bertz CT molecular complexity index is 472. The molecule has 1 aromatic heterocycles. The molecule has 4 nitrogen and oxygen atoms in total. The fourth-order valence-corrected chi connectivity index (χ4v) is 2.78. The molecule has 0 bridgehead atoms. The van der Waals surface area contributed by atoms with E-state index in [1.54, 1.807) is 6.20 Å². The fourth-order valence-electron chi connectivity index (χ4n) is 2.58. The Kier molecular flexibility index (Phi) is 4.27. The van der Waals surface area contributed by atoms with Gasteiger partial charge in [0, 0.05) is 12.6 Å². The molecule has 1 N–H and O–H groups in total.